The Hall–Kier alpha value is -1.52. The number of carbonyl (C=O) groups excluding carboxylic acids is 1. The summed E-state index contributed by atoms with van der Waals surface area (Å²) in [6, 6.07) is 10.8. The van der Waals surface area contributed by atoms with Crippen LogP contribution in [0.25, 0.3) is 0 Å². The second-order valence-electron chi connectivity index (χ2n) is 5.71. The van der Waals surface area contributed by atoms with Gasteiger partial charge in [0.25, 0.3) is 0 Å². The minimum absolute atomic E-state index is 0.00600. The van der Waals surface area contributed by atoms with Gasteiger partial charge in [0.2, 0.25) is 5.91 Å². The summed E-state index contributed by atoms with van der Waals surface area (Å²) in [6.45, 7) is 4.61. The normalized spacial score (nSPS) is 10.7. The predicted molar refractivity (Wildman–Crippen MR) is 100 cm³/mol. The zero-order valence-corrected chi connectivity index (χ0v) is 15.4. The van der Waals surface area contributed by atoms with Crippen LogP contribution in [0, 0.1) is 19.7 Å². The summed E-state index contributed by atoms with van der Waals surface area (Å²) in [5.41, 5.74) is 3.89. The predicted octanol–water partition coefficient (Wildman–Crippen LogP) is 4.69. The van der Waals surface area contributed by atoms with E-state index in [1.165, 1.54) is 11.6 Å². The first kappa shape index (κ1) is 18.8. The number of hydrogen-bond acceptors (Lipinski definition) is 2. The van der Waals surface area contributed by atoms with Gasteiger partial charge in [-0.1, -0.05) is 41.4 Å². The van der Waals surface area contributed by atoms with Gasteiger partial charge in [-0.2, -0.15) is 11.8 Å². The van der Waals surface area contributed by atoms with Crippen molar-refractivity contribution in [3.8, 4) is 0 Å². The second kappa shape index (κ2) is 9.09. The van der Waals surface area contributed by atoms with Gasteiger partial charge in [-0.25, -0.2) is 4.39 Å². The first-order valence-electron chi connectivity index (χ1n) is 7.81. The summed E-state index contributed by atoms with van der Waals surface area (Å²) >= 11 is 7.53. The summed E-state index contributed by atoms with van der Waals surface area (Å²) in [7, 11) is 0. The van der Waals surface area contributed by atoms with E-state index in [4.69, 9.17) is 11.6 Å². The molecule has 0 saturated heterocycles. The van der Waals surface area contributed by atoms with Gasteiger partial charge >= 0.3 is 0 Å². The van der Waals surface area contributed by atoms with Gasteiger partial charge in [0.15, 0.2) is 0 Å². The maximum absolute atomic E-state index is 13.6. The Labute approximate surface area is 151 Å². The fourth-order valence-corrected chi connectivity index (χ4v) is 3.58. The number of nitrogens with one attached hydrogen (secondary N) is 1. The topological polar surface area (TPSA) is 29.1 Å². The van der Waals surface area contributed by atoms with E-state index in [1.807, 2.05) is 26.0 Å². The number of amides is 1. The highest BCUT2D eigenvalue weighted by Gasteiger charge is 2.08. The van der Waals surface area contributed by atoms with Crippen LogP contribution in [-0.4, -0.2) is 18.2 Å². The van der Waals surface area contributed by atoms with Crippen molar-refractivity contribution >= 4 is 29.3 Å². The Morgan fingerprint density at radius 3 is 2.75 bits per heavy atom. The van der Waals surface area contributed by atoms with E-state index in [2.05, 4.69) is 11.4 Å². The van der Waals surface area contributed by atoms with E-state index < -0.39 is 0 Å². The van der Waals surface area contributed by atoms with Crippen LogP contribution in [0.2, 0.25) is 5.02 Å². The lowest BCUT2D eigenvalue weighted by molar-refractivity contribution is -0.120. The zero-order chi connectivity index (χ0) is 17.5. The number of hydrogen-bond donors (Lipinski definition) is 1. The average molecular weight is 366 g/mol. The molecule has 0 aliphatic heterocycles. The molecule has 0 aromatic heterocycles. The van der Waals surface area contributed by atoms with Crippen LogP contribution in [0.15, 0.2) is 36.4 Å². The molecular formula is C19H21ClFNOS. The van der Waals surface area contributed by atoms with Crippen LogP contribution < -0.4 is 5.32 Å². The van der Waals surface area contributed by atoms with Crippen molar-refractivity contribution in [1.29, 1.82) is 0 Å². The van der Waals surface area contributed by atoms with Crippen LogP contribution in [-0.2, 0) is 17.0 Å². The Bertz CT molecular complexity index is 700. The van der Waals surface area contributed by atoms with Gasteiger partial charge in [0.05, 0.1) is 6.42 Å². The summed E-state index contributed by atoms with van der Waals surface area (Å²) < 4.78 is 13.6. The SMILES string of the molecule is Cc1ccc(CC(=O)NCCSCc2c(F)cccc2Cl)c(C)c1. The fraction of sp³-hybridized carbons (Fsp3) is 0.316. The Kier molecular flexibility index (Phi) is 7.13. The molecule has 0 saturated carbocycles. The highest BCUT2D eigenvalue weighted by atomic mass is 35.5. The zero-order valence-electron chi connectivity index (χ0n) is 13.9. The molecule has 2 rings (SSSR count). The molecular weight excluding hydrogens is 345 g/mol. The van der Waals surface area contributed by atoms with Crippen LogP contribution >= 0.6 is 23.4 Å². The monoisotopic (exact) mass is 365 g/mol. The van der Waals surface area contributed by atoms with Crippen molar-refractivity contribution in [3.63, 3.8) is 0 Å². The summed E-state index contributed by atoms with van der Waals surface area (Å²) in [5, 5.41) is 3.35. The molecule has 1 amide bonds. The van der Waals surface area contributed by atoms with Crippen LogP contribution in [0.3, 0.4) is 0 Å². The van der Waals surface area contributed by atoms with Crippen molar-refractivity contribution in [1.82, 2.24) is 5.32 Å². The molecule has 0 fully saturated rings. The molecule has 0 atom stereocenters. The Morgan fingerprint density at radius 2 is 2.04 bits per heavy atom. The van der Waals surface area contributed by atoms with Crippen molar-refractivity contribution < 1.29 is 9.18 Å². The van der Waals surface area contributed by atoms with E-state index in [1.54, 1.807) is 23.9 Å². The molecule has 2 aromatic carbocycles. The molecule has 2 aromatic rings. The number of rotatable bonds is 7. The highest BCUT2D eigenvalue weighted by Crippen LogP contribution is 2.23. The standard InChI is InChI=1S/C19H21ClFNOS/c1-13-6-7-15(14(2)10-13)11-19(23)22-8-9-24-12-16-17(20)4-3-5-18(16)21/h3-7,10H,8-9,11-12H2,1-2H3,(H,22,23). The quantitative estimate of drug-likeness (QED) is 0.721. The molecule has 2 nitrogen and oxygen atoms in total. The van der Waals surface area contributed by atoms with Crippen LogP contribution in [0.5, 0.6) is 0 Å². The first-order chi connectivity index (χ1) is 11.5. The van der Waals surface area contributed by atoms with Crippen molar-refractivity contribution in [2.75, 3.05) is 12.3 Å². The third-order valence-corrected chi connectivity index (χ3v) is 5.07. The summed E-state index contributed by atoms with van der Waals surface area (Å²) in [4.78, 5) is 12.0. The molecule has 128 valence electrons. The van der Waals surface area contributed by atoms with Gasteiger partial charge in [-0.05, 0) is 37.1 Å². The molecule has 0 spiro atoms. The van der Waals surface area contributed by atoms with Crippen molar-refractivity contribution in [2.24, 2.45) is 0 Å². The fourth-order valence-electron chi connectivity index (χ4n) is 2.39. The molecule has 0 unspecified atom stereocenters. The number of benzene rings is 2. The minimum Gasteiger partial charge on any atom is -0.355 e. The molecule has 0 aliphatic rings. The third-order valence-electron chi connectivity index (χ3n) is 3.73. The third kappa shape index (κ3) is 5.53. The van der Waals surface area contributed by atoms with Gasteiger partial charge in [0, 0.05) is 28.6 Å². The van der Waals surface area contributed by atoms with E-state index in [0.717, 1.165) is 11.1 Å². The van der Waals surface area contributed by atoms with Crippen molar-refractivity contribution in [3.05, 3.63) is 69.5 Å². The van der Waals surface area contributed by atoms with E-state index in [-0.39, 0.29) is 11.7 Å². The molecule has 0 heterocycles. The van der Waals surface area contributed by atoms with Crippen molar-refractivity contribution in [2.45, 2.75) is 26.0 Å². The van der Waals surface area contributed by atoms with E-state index in [0.29, 0.717) is 35.1 Å². The van der Waals surface area contributed by atoms with Gasteiger partial charge in [-0.15, -0.1) is 0 Å². The van der Waals surface area contributed by atoms with Gasteiger partial charge in [-0.3, -0.25) is 4.79 Å². The molecule has 24 heavy (non-hydrogen) atoms. The molecule has 5 heteroatoms. The number of carbonyl (C=O) groups is 1. The maximum Gasteiger partial charge on any atom is 0.224 e. The second-order valence-corrected chi connectivity index (χ2v) is 7.22. The summed E-state index contributed by atoms with van der Waals surface area (Å²) in [5.74, 6) is 0.933. The van der Waals surface area contributed by atoms with E-state index >= 15 is 0 Å². The number of thioether (sulfide) groups is 1. The average Bonchev–Trinajstić information content (AvgIpc) is 2.52. The lowest BCUT2D eigenvalue weighted by Crippen LogP contribution is -2.27. The van der Waals surface area contributed by atoms with E-state index in [9.17, 15) is 9.18 Å². The highest BCUT2D eigenvalue weighted by molar-refractivity contribution is 7.98. The number of aryl methyl sites for hydroxylation is 2. The first-order valence-corrected chi connectivity index (χ1v) is 9.34. The smallest absolute Gasteiger partial charge is 0.224 e. The van der Waals surface area contributed by atoms with Gasteiger partial charge < -0.3 is 5.32 Å². The summed E-state index contributed by atoms with van der Waals surface area (Å²) in [6.07, 6.45) is 0.385. The molecule has 1 N–H and O–H groups in total. The molecule has 0 bridgehead atoms. The maximum atomic E-state index is 13.6. The van der Waals surface area contributed by atoms with Crippen LogP contribution in [0.4, 0.5) is 4.39 Å². The Morgan fingerprint density at radius 1 is 1.25 bits per heavy atom. The lowest BCUT2D eigenvalue weighted by atomic mass is 10.0. The van der Waals surface area contributed by atoms with Crippen LogP contribution in [0.1, 0.15) is 22.3 Å². The minimum atomic E-state index is -0.283. The Balaban J connectivity index is 1.71. The largest absolute Gasteiger partial charge is 0.355 e. The lowest BCUT2D eigenvalue weighted by Gasteiger charge is -2.09. The van der Waals surface area contributed by atoms with Gasteiger partial charge in [0.1, 0.15) is 5.82 Å². The molecule has 0 radical (unpaired) electrons. The molecule has 0 aliphatic carbocycles. The number of halogens is 2.